The minimum Gasteiger partial charge on any atom is -0.507 e. The maximum absolute atomic E-state index is 10.3. The van der Waals surface area contributed by atoms with Crippen molar-refractivity contribution >= 4 is 35.8 Å². The van der Waals surface area contributed by atoms with Crippen LogP contribution in [0.5, 0.6) is 11.5 Å². The van der Waals surface area contributed by atoms with Crippen molar-refractivity contribution in [1.82, 2.24) is 0 Å². The molecule has 0 spiro atoms. The minimum atomic E-state index is -1.11. The molecular formula is C22H32O6Sn. The second-order valence-electron chi connectivity index (χ2n) is 5.64. The molecule has 0 unspecified atom stereocenters. The Morgan fingerprint density at radius 3 is 1.00 bits per heavy atom. The van der Waals surface area contributed by atoms with Gasteiger partial charge in [0, 0.05) is 23.9 Å². The zero-order chi connectivity index (χ0) is 21.9. The second-order valence-corrected chi connectivity index (χ2v) is 5.64. The first-order valence-corrected chi connectivity index (χ1v) is 9.29. The van der Waals surface area contributed by atoms with Crippen molar-refractivity contribution in [3.8, 4) is 11.5 Å². The Morgan fingerprint density at radius 2 is 0.862 bits per heavy atom. The van der Waals surface area contributed by atoms with Gasteiger partial charge in [-0.05, 0) is 24.3 Å². The van der Waals surface area contributed by atoms with Gasteiger partial charge in [0.2, 0.25) is 0 Å². The minimum absolute atomic E-state index is 0. The maximum atomic E-state index is 10.3. The Kier molecular flexibility index (Phi) is 22.3. The number of aromatic carboxylic acids is 2. The van der Waals surface area contributed by atoms with Gasteiger partial charge in [-0.25, -0.2) is 9.59 Å². The molecule has 160 valence electrons. The summed E-state index contributed by atoms with van der Waals surface area (Å²) in [5.74, 6) is -2.62. The Balaban J connectivity index is -0.000000336. The predicted molar refractivity (Wildman–Crippen MR) is 117 cm³/mol. The second kappa shape index (κ2) is 20.5. The van der Waals surface area contributed by atoms with Gasteiger partial charge in [0.05, 0.1) is 0 Å². The monoisotopic (exact) mass is 512 g/mol. The molecule has 2 rings (SSSR count). The van der Waals surface area contributed by atoms with Crippen molar-refractivity contribution in [2.24, 2.45) is 0 Å². The van der Waals surface area contributed by atoms with E-state index in [2.05, 4.69) is 27.7 Å². The Hall–Kier alpha value is -2.22. The average Bonchev–Trinajstić information content (AvgIpc) is 2.69. The van der Waals surface area contributed by atoms with E-state index < -0.39 is 11.9 Å². The van der Waals surface area contributed by atoms with Crippen LogP contribution < -0.4 is 0 Å². The van der Waals surface area contributed by atoms with Crippen LogP contribution in [0.4, 0.5) is 0 Å². The van der Waals surface area contributed by atoms with Gasteiger partial charge in [0.1, 0.15) is 22.6 Å². The molecule has 0 amide bonds. The smallest absolute Gasteiger partial charge is 0.339 e. The van der Waals surface area contributed by atoms with Crippen molar-refractivity contribution in [2.45, 2.75) is 53.4 Å². The van der Waals surface area contributed by atoms with Gasteiger partial charge in [0.15, 0.2) is 0 Å². The maximum Gasteiger partial charge on any atom is 0.339 e. The summed E-state index contributed by atoms with van der Waals surface area (Å²) in [6.45, 7) is 8.72. The first kappa shape index (κ1) is 31.5. The third-order valence-electron chi connectivity index (χ3n) is 3.27. The zero-order valence-electron chi connectivity index (χ0n) is 17.6. The summed E-state index contributed by atoms with van der Waals surface area (Å²) in [5.41, 5.74) is -0.134. The van der Waals surface area contributed by atoms with Crippen LogP contribution in [0.3, 0.4) is 0 Å². The Bertz CT molecular complexity index is 625. The van der Waals surface area contributed by atoms with Gasteiger partial charge < -0.3 is 20.4 Å². The quantitative estimate of drug-likeness (QED) is 0.408. The van der Waals surface area contributed by atoms with Gasteiger partial charge in [-0.2, -0.15) is 0 Å². The van der Waals surface area contributed by atoms with Crippen LogP contribution in [-0.4, -0.2) is 56.3 Å². The summed E-state index contributed by atoms with van der Waals surface area (Å²) in [4.78, 5) is 20.5. The van der Waals surface area contributed by atoms with E-state index in [-0.39, 0.29) is 46.5 Å². The summed E-state index contributed by atoms with van der Waals surface area (Å²) >= 11 is 0. The zero-order valence-corrected chi connectivity index (χ0v) is 20.4. The number of benzene rings is 2. The largest absolute Gasteiger partial charge is 0.507 e. The molecule has 0 heterocycles. The molecule has 0 saturated heterocycles. The fraction of sp³-hybridized carbons (Fsp3) is 0.364. The third kappa shape index (κ3) is 16.4. The molecule has 0 atom stereocenters. The van der Waals surface area contributed by atoms with E-state index in [9.17, 15) is 9.59 Å². The van der Waals surface area contributed by atoms with Crippen molar-refractivity contribution in [3.63, 3.8) is 0 Å². The molecule has 0 aliphatic rings. The van der Waals surface area contributed by atoms with Gasteiger partial charge >= 0.3 is 11.9 Å². The van der Waals surface area contributed by atoms with E-state index in [1.54, 1.807) is 24.3 Å². The standard InChI is InChI=1S/2C7H6O3.2C4H10.Sn/c2*8-6-4-2-1-3-5(6)7(9)10;2*1-3-4-2;/h2*1-4,8H,(H,9,10);2*3-4H2,1-2H3;. The van der Waals surface area contributed by atoms with Gasteiger partial charge in [-0.15, -0.1) is 0 Å². The van der Waals surface area contributed by atoms with Crippen LogP contribution in [0.25, 0.3) is 0 Å². The first-order chi connectivity index (χ1) is 13.3. The van der Waals surface area contributed by atoms with E-state index >= 15 is 0 Å². The van der Waals surface area contributed by atoms with Crippen LogP contribution in [0.15, 0.2) is 48.5 Å². The van der Waals surface area contributed by atoms with E-state index in [4.69, 9.17) is 20.4 Å². The van der Waals surface area contributed by atoms with E-state index in [0.717, 1.165) is 0 Å². The van der Waals surface area contributed by atoms with Gasteiger partial charge in [-0.3, -0.25) is 0 Å². The number of rotatable bonds is 4. The molecule has 0 saturated carbocycles. The predicted octanol–water partition coefficient (Wildman–Crippen LogP) is 5.41. The third-order valence-corrected chi connectivity index (χ3v) is 3.27. The molecular weight excluding hydrogens is 479 g/mol. The first-order valence-electron chi connectivity index (χ1n) is 9.29. The van der Waals surface area contributed by atoms with Crippen molar-refractivity contribution < 1.29 is 30.0 Å². The number of aromatic hydroxyl groups is 2. The molecule has 2 aromatic rings. The molecule has 0 aliphatic heterocycles. The number of phenols is 2. The number of carboxylic acid groups (broad SMARTS) is 2. The fourth-order valence-electron chi connectivity index (χ4n) is 1.31. The number of hydrogen-bond donors (Lipinski definition) is 4. The van der Waals surface area contributed by atoms with Gasteiger partial charge in [-0.1, -0.05) is 77.6 Å². The van der Waals surface area contributed by atoms with Crippen LogP contribution in [-0.2, 0) is 0 Å². The number of hydrogen-bond acceptors (Lipinski definition) is 4. The number of carboxylic acids is 2. The summed E-state index contributed by atoms with van der Waals surface area (Å²) in [6.07, 6.45) is 5.28. The van der Waals surface area contributed by atoms with Gasteiger partial charge in [0.25, 0.3) is 0 Å². The van der Waals surface area contributed by atoms with E-state index in [1.807, 2.05) is 0 Å². The van der Waals surface area contributed by atoms with Crippen molar-refractivity contribution in [2.75, 3.05) is 0 Å². The van der Waals surface area contributed by atoms with Crippen LogP contribution in [0.2, 0.25) is 0 Å². The summed E-state index contributed by atoms with van der Waals surface area (Å²) in [6, 6.07) is 11.6. The molecule has 0 aromatic heterocycles. The molecule has 4 radical (unpaired) electrons. The molecule has 4 N–H and O–H groups in total. The normalized spacial score (nSPS) is 8.41. The van der Waals surface area contributed by atoms with E-state index in [0.29, 0.717) is 0 Å². The number of carbonyl (C=O) groups is 2. The Morgan fingerprint density at radius 1 is 0.621 bits per heavy atom. The summed E-state index contributed by atoms with van der Waals surface area (Å²) in [5, 5.41) is 34.6. The summed E-state index contributed by atoms with van der Waals surface area (Å²) in [7, 11) is 0. The molecule has 7 heteroatoms. The fourth-order valence-corrected chi connectivity index (χ4v) is 1.31. The number of para-hydroxylation sites is 2. The van der Waals surface area contributed by atoms with E-state index in [1.165, 1.54) is 49.9 Å². The van der Waals surface area contributed by atoms with Crippen LogP contribution >= 0.6 is 0 Å². The van der Waals surface area contributed by atoms with Crippen molar-refractivity contribution in [3.05, 3.63) is 59.7 Å². The van der Waals surface area contributed by atoms with Crippen LogP contribution in [0, 0.1) is 0 Å². The SMILES string of the molecule is CCCC.CCCC.O=C(O)c1ccccc1O.O=C(O)c1ccccc1O.[Sn]. The average molecular weight is 511 g/mol. The molecule has 0 bridgehead atoms. The molecule has 2 aromatic carbocycles. The molecule has 0 aliphatic carbocycles. The molecule has 29 heavy (non-hydrogen) atoms. The summed E-state index contributed by atoms with van der Waals surface area (Å²) < 4.78 is 0. The topological polar surface area (TPSA) is 115 Å². The molecule has 6 nitrogen and oxygen atoms in total. The molecule has 0 fully saturated rings. The Labute approximate surface area is 190 Å². The number of unbranched alkanes of at least 4 members (excludes halogenated alkanes) is 2. The van der Waals surface area contributed by atoms with Crippen LogP contribution in [0.1, 0.15) is 74.1 Å². The van der Waals surface area contributed by atoms with Crippen molar-refractivity contribution in [1.29, 1.82) is 0 Å².